The number of hydrogen-bond acceptors (Lipinski definition) is 5. The fraction of sp³-hybridized carbons (Fsp3) is 0.500. The molecule has 0 saturated carbocycles. The normalized spacial score (nSPS) is 10.2. The van der Waals surface area contributed by atoms with Gasteiger partial charge in [0.1, 0.15) is 0 Å². The average molecular weight is 168 g/mol. The molecule has 64 valence electrons. The Kier molecular flexibility index (Phi) is 2.26. The molecule has 0 bridgehead atoms. The standard InChI is InChI=1S/C6H8N4O2/c1-9(2)4-6-5(3-7)8-12-10(6)11/h4H2,1-2H3. The van der Waals surface area contributed by atoms with Gasteiger partial charge in [0, 0.05) is 0 Å². The summed E-state index contributed by atoms with van der Waals surface area (Å²) in [7, 11) is 3.57. The molecule has 0 saturated heterocycles. The van der Waals surface area contributed by atoms with E-state index in [1.54, 1.807) is 25.1 Å². The molecular formula is C6H8N4O2. The molecule has 0 aliphatic carbocycles. The van der Waals surface area contributed by atoms with E-state index in [0.717, 1.165) is 0 Å². The third-order valence-electron chi connectivity index (χ3n) is 1.27. The third-order valence-corrected chi connectivity index (χ3v) is 1.27. The molecule has 0 spiro atoms. The predicted molar refractivity (Wildman–Crippen MR) is 37.6 cm³/mol. The van der Waals surface area contributed by atoms with Crippen LogP contribution in [-0.4, -0.2) is 24.2 Å². The SMILES string of the molecule is CN(C)Cc1c(C#N)no[n+]1[O-]. The summed E-state index contributed by atoms with van der Waals surface area (Å²) in [6, 6.07) is 1.77. The van der Waals surface area contributed by atoms with Crippen molar-refractivity contribution in [3.8, 4) is 6.07 Å². The Hall–Kier alpha value is -1.61. The zero-order valence-corrected chi connectivity index (χ0v) is 6.81. The minimum Gasteiger partial charge on any atom is -0.359 e. The lowest BCUT2D eigenvalue weighted by Crippen LogP contribution is -2.31. The molecule has 12 heavy (non-hydrogen) atoms. The van der Waals surface area contributed by atoms with Crippen molar-refractivity contribution in [2.75, 3.05) is 14.1 Å². The molecule has 0 aliphatic rings. The average Bonchev–Trinajstić information content (AvgIpc) is 2.32. The maximum absolute atomic E-state index is 10.8. The second kappa shape index (κ2) is 3.19. The van der Waals surface area contributed by atoms with Crippen LogP contribution in [0.1, 0.15) is 11.4 Å². The van der Waals surface area contributed by atoms with E-state index < -0.39 is 0 Å². The smallest absolute Gasteiger partial charge is 0.321 e. The molecule has 1 heterocycles. The van der Waals surface area contributed by atoms with Crippen molar-refractivity contribution < 1.29 is 9.53 Å². The largest absolute Gasteiger partial charge is 0.359 e. The van der Waals surface area contributed by atoms with Crippen LogP contribution in [0.2, 0.25) is 0 Å². The van der Waals surface area contributed by atoms with Crippen LogP contribution in [-0.2, 0) is 6.54 Å². The molecular weight excluding hydrogens is 160 g/mol. The van der Waals surface area contributed by atoms with Crippen molar-refractivity contribution in [3.05, 3.63) is 16.6 Å². The molecule has 0 atom stereocenters. The Morgan fingerprint density at radius 1 is 1.75 bits per heavy atom. The maximum Gasteiger partial charge on any atom is 0.321 e. The fourth-order valence-electron chi connectivity index (χ4n) is 0.783. The van der Waals surface area contributed by atoms with Gasteiger partial charge in [0.2, 0.25) is 5.69 Å². The summed E-state index contributed by atoms with van der Waals surface area (Å²) in [6.07, 6.45) is 0. The second-order valence-corrected chi connectivity index (χ2v) is 2.57. The second-order valence-electron chi connectivity index (χ2n) is 2.57. The van der Waals surface area contributed by atoms with Crippen LogP contribution in [0, 0.1) is 16.5 Å². The Morgan fingerprint density at radius 2 is 2.42 bits per heavy atom. The number of nitriles is 1. The van der Waals surface area contributed by atoms with Gasteiger partial charge in [0.25, 0.3) is 0 Å². The highest BCUT2D eigenvalue weighted by molar-refractivity contribution is 5.19. The van der Waals surface area contributed by atoms with Crippen molar-refractivity contribution in [1.82, 2.24) is 10.1 Å². The third kappa shape index (κ3) is 1.52. The maximum atomic E-state index is 10.8. The molecule has 0 aliphatic heterocycles. The number of aromatic nitrogens is 2. The van der Waals surface area contributed by atoms with E-state index in [4.69, 9.17) is 5.26 Å². The monoisotopic (exact) mass is 168 g/mol. The van der Waals surface area contributed by atoms with E-state index in [9.17, 15) is 5.21 Å². The highest BCUT2D eigenvalue weighted by atomic mass is 16.8. The lowest BCUT2D eigenvalue weighted by molar-refractivity contribution is -0.808. The van der Waals surface area contributed by atoms with Gasteiger partial charge in [-0.25, -0.2) is 0 Å². The minimum atomic E-state index is 0.0405. The first-order chi connectivity index (χ1) is 5.65. The van der Waals surface area contributed by atoms with Gasteiger partial charge in [-0.05, 0) is 19.0 Å². The van der Waals surface area contributed by atoms with Crippen LogP contribution in [0.5, 0.6) is 0 Å². The summed E-state index contributed by atoms with van der Waals surface area (Å²) >= 11 is 0. The van der Waals surface area contributed by atoms with Crippen molar-refractivity contribution in [1.29, 1.82) is 5.26 Å². The lowest BCUT2D eigenvalue weighted by Gasteiger charge is -2.04. The van der Waals surface area contributed by atoms with Crippen LogP contribution >= 0.6 is 0 Å². The predicted octanol–water partition coefficient (Wildman–Crippen LogP) is -0.759. The summed E-state index contributed by atoms with van der Waals surface area (Å²) in [4.78, 5) is 2.00. The van der Waals surface area contributed by atoms with Crippen LogP contribution in [0.4, 0.5) is 0 Å². The van der Waals surface area contributed by atoms with E-state index >= 15 is 0 Å². The summed E-state index contributed by atoms with van der Waals surface area (Å²) in [5.74, 6) is 0. The first-order valence-corrected chi connectivity index (χ1v) is 3.28. The molecule has 0 amide bonds. The highest BCUT2D eigenvalue weighted by Crippen LogP contribution is 2.00. The zero-order valence-electron chi connectivity index (χ0n) is 6.81. The van der Waals surface area contributed by atoms with Crippen LogP contribution in [0.15, 0.2) is 4.63 Å². The zero-order chi connectivity index (χ0) is 9.14. The Labute approximate surface area is 69.1 Å². The first-order valence-electron chi connectivity index (χ1n) is 3.28. The van der Waals surface area contributed by atoms with Gasteiger partial charge in [-0.15, -0.1) is 0 Å². The molecule has 1 rings (SSSR count). The summed E-state index contributed by atoms with van der Waals surface area (Å²) in [5.41, 5.74) is 0.279. The van der Waals surface area contributed by atoms with Crippen molar-refractivity contribution in [2.45, 2.75) is 6.54 Å². The van der Waals surface area contributed by atoms with E-state index in [1.165, 1.54) is 0 Å². The van der Waals surface area contributed by atoms with Gasteiger partial charge in [0.05, 0.1) is 11.7 Å². The van der Waals surface area contributed by atoms with Crippen LogP contribution in [0.3, 0.4) is 0 Å². The van der Waals surface area contributed by atoms with E-state index in [0.29, 0.717) is 6.54 Å². The van der Waals surface area contributed by atoms with Gasteiger partial charge >= 0.3 is 5.69 Å². The summed E-state index contributed by atoms with van der Waals surface area (Å²) in [6.45, 7) is 0.343. The number of nitrogens with zero attached hydrogens (tertiary/aromatic N) is 4. The minimum absolute atomic E-state index is 0.0405. The quantitative estimate of drug-likeness (QED) is 0.542. The number of rotatable bonds is 2. The van der Waals surface area contributed by atoms with Crippen LogP contribution in [0.25, 0.3) is 0 Å². The molecule has 0 N–H and O–H groups in total. The Morgan fingerprint density at radius 3 is 2.92 bits per heavy atom. The van der Waals surface area contributed by atoms with E-state index in [1.807, 2.05) is 0 Å². The van der Waals surface area contributed by atoms with E-state index in [2.05, 4.69) is 9.79 Å². The van der Waals surface area contributed by atoms with Crippen molar-refractivity contribution in [2.24, 2.45) is 0 Å². The fourth-order valence-corrected chi connectivity index (χ4v) is 0.783. The van der Waals surface area contributed by atoms with Gasteiger partial charge in [-0.1, -0.05) is 0 Å². The van der Waals surface area contributed by atoms with Crippen LogP contribution < -0.4 is 4.90 Å². The molecule has 0 radical (unpaired) electrons. The van der Waals surface area contributed by atoms with Gasteiger partial charge in [-0.2, -0.15) is 5.26 Å². The topological polar surface area (TPSA) is 80.0 Å². The van der Waals surface area contributed by atoms with Crippen molar-refractivity contribution >= 4 is 0 Å². The molecule has 1 aromatic heterocycles. The van der Waals surface area contributed by atoms with Gasteiger partial charge < -0.3 is 10.1 Å². The van der Waals surface area contributed by atoms with Gasteiger partial charge in [-0.3, -0.25) is 4.63 Å². The Bertz CT molecular complexity index is 312. The number of hydrogen-bond donors (Lipinski definition) is 0. The molecule has 1 aromatic rings. The molecule has 6 nitrogen and oxygen atoms in total. The highest BCUT2D eigenvalue weighted by Gasteiger charge is 2.18. The molecule has 6 heteroatoms. The summed E-state index contributed by atoms with van der Waals surface area (Å²) in [5, 5.41) is 22.6. The lowest BCUT2D eigenvalue weighted by atomic mass is 10.3. The molecule has 0 fully saturated rings. The van der Waals surface area contributed by atoms with Gasteiger partial charge in [0.15, 0.2) is 6.07 Å². The first kappa shape index (κ1) is 8.49. The Balaban J connectivity index is 2.96. The van der Waals surface area contributed by atoms with Crippen molar-refractivity contribution in [3.63, 3.8) is 0 Å². The summed E-state index contributed by atoms with van der Waals surface area (Å²) < 4.78 is 4.25. The van der Waals surface area contributed by atoms with E-state index in [-0.39, 0.29) is 16.3 Å². The molecule has 0 unspecified atom stereocenters. The molecule has 0 aromatic carbocycles.